The van der Waals surface area contributed by atoms with E-state index in [9.17, 15) is 4.39 Å². The summed E-state index contributed by atoms with van der Waals surface area (Å²) in [4.78, 5) is 0. The van der Waals surface area contributed by atoms with Crippen LogP contribution in [0.15, 0.2) is 40.9 Å². The second-order valence-electron chi connectivity index (χ2n) is 4.20. The molecule has 0 aliphatic carbocycles. The van der Waals surface area contributed by atoms with Crippen molar-refractivity contribution in [1.29, 1.82) is 0 Å². The maximum absolute atomic E-state index is 13.1. The van der Waals surface area contributed by atoms with Gasteiger partial charge < -0.3 is 14.8 Å². The minimum Gasteiger partial charge on any atom is -0.497 e. The average Bonchev–Trinajstić information content (AvgIpc) is 2.46. The van der Waals surface area contributed by atoms with Crippen molar-refractivity contribution >= 4 is 33.2 Å². The fourth-order valence-corrected chi connectivity index (χ4v) is 2.69. The van der Waals surface area contributed by atoms with Gasteiger partial charge in [-0.25, -0.2) is 4.39 Å². The van der Waals surface area contributed by atoms with Crippen LogP contribution in [0.1, 0.15) is 0 Å². The number of hydrogen-bond acceptors (Lipinski definition) is 3. The summed E-state index contributed by atoms with van der Waals surface area (Å²) in [6, 6.07) is 9.95. The monoisotopic (exact) mass is 373 g/mol. The van der Waals surface area contributed by atoms with Gasteiger partial charge in [0.05, 0.1) is 17.8 Å². The minimum absolute atomic E-state index is 0.325. The predicted molar refractivity (Wildman–Crippen MR) is 86.1 cm³/mol. The van der Waals surface area contributed by atoms with E-state index >= 15 is 0 Å². The smallest absolute Gasteiger partial charge is 0.125 e. The highest BCUT2D eigenvalue weighted by Gasteiger charge is 2.07. The summed E-state index contributed by atoms with van der Waals surface area (Å²) in [5, 5.41) is 3.43. The average molecular weight is 375 g/mol. The highest BCUT2D eigenvalue weighted by atomic mass is 79.9. The van der Waals surface area contributed by atoms with Crippen molar-refractivity contribution in [2.75, 3.05) is 25.6 Å². The zero-order valence-corrected chi connectivity index (χ0v) is 13.7. The Hall–Kier alpha value is -1.46. The highest BCUT2D eigenvalue weighted by molar-refractivity contribution is 9.10. The van der Waals surface area contributed by atoms with Gasteiger partial charge in [0.25, 0.3) is 0 Å². The summed E-state index contributed by atoms with van der Waals surface area (Å²) in [7, 11) is 1.62. The summed E-state index contributed by atoms with van der Waals surface area (Å²) in [6.45, 7) is 0.989. The third-order valence-corrected chi connectivity index (χ3v) is 3.66. The number of methoxy groups -OCH3 is 1. The van der Waals surface area contributed by atoms with Crippen LogP contribution in [0.25, 0.3) is 0 Å². The van der Waals surface area contributed by atoms with Crippen molar-refractivity contribution in [1.82, 2.24) is 0 Å². The number of nitrogens with one attached hydrogen (secondary N) is 1. The predicted octanol–water partition coefficient (Wildman–Crippen LogP) is 4.74. The molecule has 0 saturated carbocycles. The van der Waals surface area contributed by atoms with E-state index in [1.807, 2.05) is 24.3 Å². The Kier molecular flexibility index (Phi) is 5.70. The Morgan fingerprint density at radius 1 is 1.19 bits per heavy atom. The molecule has 0 heterocycles. The van der Waals surface area contributed by atoms with Gasteiger partial charge in [-0.2, -0.15) is 0 Å². The van der Waals surface area contributed by atoms with Gasteiger partial charge in [-0.05, 0) is 52.3 Å². The molecular weight excluding hydrogens is 361 g/mol. The Balaban J connectivity index is 1.84. The molecule has 0 aliphatic rings. The van der Waals surface area contributed by atoms with E-state index in [4.69, 9.17) is 21.1 Å². The van der Waals surface area contributed by atoms with Gasteiger partial charge in [-0.1, -0.05) is 11.6 Å². The van der Waals surface area contributed by atoms with Crippen LogP contribution in [0.5, 0.6) is 11.5 Å². The number of hydrogen-bond donors (Lipinski definition) is 1. The van der Waals surface area contributed by atoms with Gasteiger partial charge in [0, 0.05) is 11.0 Å². The standard InChI is InChI=1S/C15H14BrClFNO2/c1-20-11-2-4-12(5-3-11)21-7-6-19-15-13(16)8-10(18)9-14(15)17/h2-5,8-9,19H,6-7H2,1H3. The number of benzene rings is 2. The second kappa shape index (κ2) is 7.52. The number of ether oxygens (including phenoxy) is 2. The zero-order valence-electron chi connectivity index (χ0n) is 11.3. The van der Waals surface area contributed by atoms with E-state index in [0.29, 0.717) is 28.3 Å². The number of halogens is 3. The quantitative estimate of drug-likeness (QED) is 0.741. The van der Waals surface area contributed by atoms with Crippen LogP contribution >= 0.6 is 27.5 Å². The lowest BCUT2D eigenvalue weighted by molar-refractivity contribution is 0.331. The summed E-state index contributed by atoms with van der Waals surface area (Å²) < 4.78 is 24.3. The van der Waals surface area contributed by atoms with Crippen molar-refractivity contribution in [2.45, 2.75) is 0 Å². The van der Waals surface area contributed by atoms with Crippen LogP contribution in [-0.4, -0.2) is 20.3 Å². The Bertz CT molecular complexity index is 584. The third-order valence-electron chi connectivity index (χ3n) is 2.74. The van der Waals surface area contributed by atoms with Gasteiger partial charge in [-0.3, -0.25) is 0 Å². The van der Waals surface area contributed by atoms with Gasteiger partial charge in [-0.15, -0.1) is 0 Å². The molecule has 0 unspecified atom stereocenters. The van der Waals surface area contributed by atoms with Gasteiger partial charge in [0.1, 0.15) is 23.9 Å². The summed E-state index contributed by atoms with van der Waals surface area (Å²) in [5.74, 6) is 1.15. The van der Waals surface area contributed by atoms with Crippen LogP contribution in [0.4, 0.5) is 10.1 Å². The van der Waals surface area contributed by atoms with Crippen LogP contribution in [-0.2, 0) is 0 Å². The zero-order chi connectivity index (χ0) is 15.2. The van der Waals surface area contributed by atoms with Gasteiger partial charge in [0.2, 0.25) is 0 Å². The molecule has 0 aromatic heterocycles. The fourth-order valence-electron chi connectivity index (χ4n) is 1.73. The first kappa shape index (κ1) is 15.9. The SMILES string of the molecule is COc1ccc(OCCNc2c(Cl)cc(F)cc2Br)cc1. The summed E-state index contributed by atoms with van der Waals surface area (Å²) >= 11 is 9.25. The van der Waals surface area contributed by atoms with Crippen molar-refractivity contribution in [3.8, 4) is 11.5 Å². The third kappa shape index (κ3) is 4.51. The lowest BCUT2D eigenvalue weighted by Crippen LogP contribution is -2.12. The maximum atomic E-state index is 13.1. The molecule has 1 N–H and O–H groups in total. The Labute approximate surface area is 136 Å². The molecule has 0 saturated heterocycles. The molecule has 0 aliphatic heterocycles. The summed E-state index contributed by atoms with van der Waals surface area (Å²) in [5.41, 5.74) is 0.649. The minimum atomic E-state index is -0.382. The molecule has 0 radical (unpaired) electrons. The lowest BCUT2D eigenvalue weighted by Gasteiger charge is -2.12. The Morgan fingerprint density at radius 2 is 1.86 bits per heavy atom. The first-order chi connectivity index (χ1) is 10.1. The molecule has 0 fully saturated rings. The molecule has 3 nitrogen and oxygen atoms in total. The van der Waals surface area contributed by atoms with Crippen molar-refractivity contribution < 1.29 is 13.9 Å². The van der Waals surface area contributed by atoms with Crippen LogP contribution in [0.2, 0.25) is 5.02 Å². The molecule has 0 spiro atoms. The van der Waals surface area contributed by atoms with E-state index in [2.05, 4.69) is 21.2 Å². The molecule has 2 rings (SSSR count). The van der Waals surface area contributed by atoms with E-state index in [1.165, 1.54) is 12.1 Å². The topological polar surface area (TPSA) is 30.5 Å². The molecule has 21 heavy (non-hydrogen) atoms. The molecule has 2 aromatic rings. The van der Waals surface area contributed by atoms with Crippen molar-refractivity contribution in [3.05, 3.63) is 51.7 Å². The molecule has 112 valence electrons. The summed E-state index contributed by atoms with van der Waals surface area (Å²) in [6.07, 6.45) is 0. The van der Waals surface area contributed by atoms with Crippen LogP contribution in [0, 0.1) is 5.82 Å². The molecule has 0 atom stereocenters. The second-order valence-corrected chi connectivity index (χ2v) is 5.46. The first-order valence-corrected chi connectivity index (χ1v) is 7.42. The van der Waals surface area contributed by atoms with Gasteiger partial charge in [0.15, 0.2) is 0 Å². The van der Waals surface area contributed by atoms with E-state index < -0.39 is 0 Å². The molecule has 0 amide bonds. The van der Waals surface area contributed by atoms with E-state index in [-0.39, 0.29) is 5.82 Å². The first-order valence-electron chi connectivity index (χ1n) is 6.25. The maximum Gasteiger partial charge on any atom is 0.125 e. The molecule has 6 heteroatoms. The highest BCUT2D eigenvalue weighted by Crippen LogP contribution is 2.31. The van der Waals surface area contributed by atoms with Crippen LogP contribution < -0.4 is 14.8 Å². The van der Waals surface area contributed by atoms with E-state index in [1.54, 1.807) is 7.11 Å². The number of rotatable bonds is 6. The lowest BCUT2D eigenvalue weighted by atomic mass is 10.3. The molecule has 2 aromatic carbocycles. The van der Waals surface area contributed by atoms with Crippen LogP contribution in [0.3, 0.4) is 0 Å². The normalized spacial score (nSPS) is 10.3. The fraction of sp³-hybridized carbons (Fsp3) is 0.200. The Morgan fingerprint density at radius 3 is 2.48 bits per heavy atom. The van der Waals surface area contributed by atoms with Gasteiger partial charge >= 0.3 is 0 Å². The molecular formula is C15H14BrClFNO2. The molecule has 0 bridgehead atoms. The van der Waals surface area contributed by atoms with E-state index in [0.717, 1.165) is 11.5 Å². The van der Waals surface area contributed by atoms with Crippen molar-refractivity contribution in [3.63, 3.8) is 0 Å². The largest absolute Gasteiger partial charge is 0.497 e. The van der Waals surface area contributed by atoms with Crippen molar-refractivity contribution in [2.24, 2.45) is 0 Å². The number of anilines is 1.